The molecule has 0 spiro atoms. The number of aliphatic hydroxyl groups is 1. The zero-order valence-electron chi connectivity index (χ0n) is 12.3. The molecule has 1 unspecified atom stereocenters. The summed E-state index contributed by atoms with van der Waals surface area (Å²) in [6.45, 7) is 0.0897. The number of halogens is 3. The molecule has 0 amide bonds. The first-order valence-corrected chi connectivity index (χ1v) is 7.10. The molecule has 0 aliphatic carbocycles. The van der Waals surface area contributed by atoms with Gasteiger partial charge in [0.1, 0.15) is 12.1 Å². The van der Waals surface area contributed by atoms with Gasteiger partial charge in [0.2, 0.25) is 0 Å². The summed E-state index contributed by atoms with van der Waals surface area (Å²) in [5.74, 6) is 0.499. The van der Waals surface area contributed by atoms with Crippen LogP contribution in [0, 0.1) is 0 Å². The van der Waals surface area contributed by atoms with E-state index >= 15 is 0 Å². The molecule has 1 aromatic carbocycles. The zero-order chi connectivity index (χ0) is 17.2. The van der Waals surface area contributed by atoms with Crippen molar-refractivity contribution in [2.75, 3.05) is 11.9 Å². The Morgan fingerprint density at radius 2 is 1.79 bits per heavy atom. The van der Waals surface area contributed by atoms with Crippen molar-refractivity contribution < 1.29 is 18.3 Å². The fourth-order valence-corrected chi connectivity index (χ4v) is 2.24. The lowest BCUT2D eigenvalue weighted by atomic mass is 10.1. The number of aromatic nitrogens is 3. The molecule has 24 heavy (non-hydrogen) atoms. The number of anilines is 1. The molecule has 0 saturated carbocycles. The number of rotatable bonds is 4. The largest absolute Gasteiger partial charge is 0.416 e. The second kappa shape index (κ2) is 6.40. The quantitative estimate of drug-likeness (QED) is 0.767. The number of nitrogens with one attached hydrogen (secondary N) is 1. The van der Waals surface area contributed by atoms with E-state index in [2.05, 4.69) is 20.3 Å². The molecule has 1 atom stereocenters. The Bertz CT molecular complexity index is 831. The molecule has 0 fully saturated rings. The van der Waals surface area contributed by atoms with Crippen molar-refractivity contribution in [2.45, 2.75) is 12.3 Å². The third-order valence-corrected chi connectivity index (χ3v) is 3.49. The summed E-state index contributed by atoms with van der Waals surface area (Å²) in [4.78, 5) is 12.2. The molecule has 0 bridgehead atoms. The van der Waals surface area contributed by atoms with Gasteiger partial charge in [-0.2, -0.15) is 13.2 Å². The first-order chi connectivity index (χ1) is 11.4. The van der Waals surface area contributed by atoms with Crippen molar-refractivity contribution >= 4 is 16.9 Å². The second-order valence-electron chi connectivity index (χ2n) is 5.11. The highest BCUT2D eigenvalue weighted by Crippen LogP contribution is 2.30. The number of alkyl halides is 3. The molecule has 0 saturated heterocycles. The SMILES string of the molecule is OC(CNc1ncnc2ncccc12)c1ccc(C(F)(F)F)cc1. The third-order valence-electron chi connectivity index (χ3n) is 3.49. The number of hydrogen-bond donors (Lipinski definition) is 2. The first kappa shape index (κ1) is 16.1. The molecule has 0 aliphatic rings. The zero-order valence-corrected chi connectivity index (χ0v) is 12.3. The molecule has 8 heteroatoms. The van der Waals surface area contributed by atoms with Crippen LogP contribution >= 0.6 is 0 Å². The molecule has 3 rings (SSSR count). The summed E-state index contributed by atoms with van der Waals surface area (Å²) in [7, 11) is 0. The maximum atomic E-state index is 12.5. The Morgan fingerprint density at radius 3 is 2.50 bits per heavy atom. The van der Waals surface area contributed by atoms with Crippen molar-refractivity contribution in [1.82, 2.24) is 15.0 Å². The summed E-state index contributed by atoms with van der Waals surface area (Å²) in [5.41, 5.74) is 0.144. The minimum absolute atomic E-state index is 0.0897. The lowest BCUT2D eigenvalue weighted by Crippen LogP contribution is -2.14. The molecule has 2 heterocycles. The first-order valence-electron chi connectivity index (χ1n) is 7.10. The van der Waals surface area contributed by atoms with Gasteiger partial charge in [-0.1, -0.05) is 12.1 Å². The molecule has 5 nitrogen and oxygen atoms in total. The van der Waals surface area contributed by atoms with Gasteiger partial charge in [-0.3, -0.25) is 0 Å². The smallest absolute Gasteiger partial charge is 0.387 e. The average molecular weight is 334 g/mol. The highest BCUT2D eigenvalue weighted by Gasteiger charge is 2.30. The Morgan fingerprint density at radius 1 is 1.04 bits per heavy atom. The van der Waals surface area contributed by atoms with Crippen LogP contribution in [0.1, 0.15) is 17.2 Å². The van der Waals surface area contributed by atoms with E-state index in [1.165, 1.54) is 18.5 Å². The van der Waals surface area contributed by atoms with Crippen molar-refractivity contribution in [3.63, 3.8) is 0 Å². The summed E-state index contributed by atoms with van der Waals surface area (Å²) in [6, 6.07) is 7.94. The number of pyridine rings is 1. The summed E-state index contributed by atoms with van der Waals surface area (Å²) in [5, 5.41) is 13.8. The molecular weight excluding hydrogens is 321 g/mol. The van der Waals surface area contributed by atoms with Crippen LogP contribution in [-0.2, 0) is 6.18 Å². The summed E-state index contributed by atoms with van der Waals surface area (Å²) in [6.07, 6.45) is -2.42. The molecule has 0 aliphatic heterocycles. The van der Waals surface area contributed by atoms with Crippen molar-refractivity contribution in [3.8, 4) is 0 Å². The topological polar surface area (TPSA) is 70.9 Å². The van der Waals surface area contributed by atoms with E-state index in [4.69, 9.17) is 0 Å². The molecule has 0 radical (unpaired) electrons. The van der Waals surface area contributed by atoms with Crippen LogP contribution in [0.15, 0.2) is 48.9 Å². The predicted octanol–water partition coefficient (Wildman–Crippen LogP) is 3.19. The average Bonchev–Trinajstić information content (AvgIpc) is 2.59. The predicted molar refractivity (Wildman–Crippen MR) is 82.2 cm³/mol. The van der Waals surface area contributed by atoms with E-state index in [0.29, 0.717) is 22.4 Å². The molecule has 3 aromatic rings. The summed E-state index contributed by atoms with van der Waals surface area (Å²) < 4.78 is 37.6. The van der Waals surface area contributed by atoms with E-state index in [9.17, 15) is 18.3 Å². The molecule has 2 N–H and O–H groups in total. The lowest BCUT2D eigenvalue weighted by molar-refractivity contribution is -0.137. The van der Waals surface area contributed by atoms with Crippen molar-refractivity contribution in [3.05, 3.63) is 60.0 Å². The van der Waals surface area contributed by atoms with Gasteiger partial charge >= 0.3 is 6.18 Å². The van der Waals surface area contributed by atoms with E-state index in [0.717, 1.165) is 12.1 Å². The van der Waals surface area contributed by atoms with Crippen LogP contribution < -0.4 is 5.32 Å². The van der Waals surface area contributed by atoms with Gasteiger partial charge in [0.15, 0.2) is 5.65 Å². The molecular formula is C16H13F3N4O. The van der Waals surface area contributed by atoms with Gasteiger partial charge in [0.05, 0.1) is 17.1 Å². The van der Waals surface area contributed by atoms with Crippen LogP contribution in [0.4, 0.5) is 19.0 Å². The minimum Gasteiger partial charge on any atom is -0.387 e. The summed E-state index contributed by atoms with van der Waals surface area (Å²) >= 11 is 0. The fraction of sp³-hybridized carbons (Fsp3) is 0.188. The van der Waals surface area contributed by atoms with Crippen molar-refractivity contribution in [1.29, 1.82) is 0 Å². The molecule has 124 valence electrons. The normalized spacial score (nSPS) is 13.0. The van der Waals surface area contributed by atoms with Gasteiger partial charge < -0.3 is 10.4 Å². The number of fused-ring (bicyclic) bond motifs is 1. The van der Waals surface area contributed by atoms with Gasteiger partial charge in [-0.05, 0) is 29.8 Å². The van der Waals surface area contributed by atoms with Gasteiger partial charge in [0, 0.05) is 12.7 Å². The van der Waals surface area contributed by atoms with Gasteiger partial charge in [-0.15, -0.1) is 0 Å². The Labute approximate surface area is 135 Å². The highest BCUT2D eigenvalue weighted by atomic mass is 19.4. The van der Waals surface area contributed by atoms with Crippen LogP contribution in [-0.4, -0.2) is 26.6 Å². The fourth-order valence-electron chi connectivity index (χ4n) is 2.24. The maximum Gasteiger partial charge on any atom is 0.416 e. The Balaban J connectivity index is 1.72. The highest BCUT2D eigenvalue weighted by molar-refractivity contribution is 5.85. The van der Waals surface area contributed by atoms with Gasteiger partial charge in [0.25, 0.3) is 0 Å². The van der Waals surface area contributed by atoms with E-state index in [-0.39, 0.29) is 6.54 Å². The van der Waals surface area contributed by atoms with Crippen LogP contribution in [0.2, 0.25) is 0 Å². The maximum absolute atomic E-state index is 12.5. The third kappa shape index (κ3) is 3.43. The van der Waals surface area contributed by atoms with Crippen molar-refractivity contribution in [2.24, 2.45) is 0 Å². The Hall–Kier alpha value is -2.74. The van der Waals surface area contributed by atoms with Crippen LogP contribution in [0.3, 0.4) is 0 Å². The lowest BCUT2D eigenvalue weighted by Gasteiger charge is -2.14. The molecule has 2 aromatic heterocycles. The number of hydrogen-bond acceptors (Lipinski definition) is 5. The number of nitrogens with zero attached hydrogens (tertiary/aromatic N) is 3. The minimum atomic E-state index is -4.39. The Kier molecular flexibility index (Phi) is 4.30. The standard InChI is InChI=1S/C16H13F3N4O/c17-16(18,19)11-5-3-10(4-6-11)13(24)8-21-15-12-2-1-7-20-14(12)22-9-23-15/h1-7,9,13,24H,8H2,(H,20,21,22,23). The van der Waals surface area contributed by atoms with E-state index < -0.39 is 17.8 Å². The number of aliphatic hydroxyl groups excluding tert-OH is 1. The van der Waals surface area contributed by atoms with E-state index in [1.807, 2.05) is 0 Å². The monoisotopic (exact) mass is 334 g/mol. The van der Waals surface area contributed by atoms with Crippen LogP contribution in [0.25, 0.3) is 11.0 Å². The van der Waals surface area contributed by atoms with E-state index in [1.54, 1.807) is 18.3 Å². The second-order valence-corrected chi connectivity index (χ2v) is 5.11. The van der Waals surface area contributed by atoms with Gasteiger partial charge in [-0.25, -0.2) is 15.0 Å². The number of benzene rings is 1. The van der Waals surface area contributed by atoms with Crippen LogP contribution in [0.5, 0.6) is 0 Å².